The minimum absolute atomic E-state index is 0.0195. The number of ether oxygens (including phenoxy) is 1. The molecule has 2 saturated carbocycles. The van der Waals surface area contributed by atoms with Crippen LogP contribution in [-0.4, -0.2) is 40.6 Å². The number of amides is 2. The molecule has 5 atom stereocenters. The molecule has 140 valence electrons. The summed E-state index contributed by atoms with van der Waals surface area (Å²) in [5, 5.41) is 3.01. The zero-order valence-electron chi connectivity index (χ0n) is 15.4. The van der Waals surface area contributed by atoms with E-state index in [1.165, 1.54) is 6.07 Å². The fraction of sp³-hybridized carbons (Fsp3) is 0.600. The van der Waals surface area contributed by atoms with E-state index in [0.717, 1.165) is 12.8 Å². The van der Waals surface area contributed by atoms with Gasteiger partial charge in [-0.15, -0.1) is 0 Å². The third-order valence-electron chi connectivity index (χ3n) is 5.43. The first kappa shape index (κ1) is 17.3. The molecule has 6 heteroatoms. The van der Waals surface area contributed by atoms with Crippen LogP contribution in [0.2, 0.25) is 0 Å². The average Bonchev–Trinajstić information content (AvgIpc) is 3.44. The zero-order valence-corrected chi connectivity index (χ0v) is 15.4. The number of likely N-dealkylation sites (tertiary alicyclic amines) is 1. The van der Waals surface area contributed by atoms with Crippen LogP contribution in [0.1, 0.15) is 51.5 Å². The second-order valence-corrected chi connectivity index (χ2v) is 8.68. The van der Waals surface area contributed by atoms with Gasteiger partial charge in [0.05, 0.1) is 0 Å². The van der Waals surface area contributed by atoms with E-state index in [1.54, 1.807) is 17.0 Å². The van der Waals surface area contributed by atoms with Crippen LogP contribution in [0.3, 0.4) is 0 Å². The molecule has 2 amide bonds. The van der Waals surface area contributed by atoms with Crippen molar-refractivity contribution in [3.63, 3.8) is 0 Å². The third-order valence-corrected chi connectivity index (χ3v) is 5.43. The third kappa shape index (κ3) is 3.29. The van der Waals surface area contributed by atoms with Gasteiger partial charge in [-0.2, -0.15) is 0 Å². The van der Waals surface area contributed by atoms with E-state index in [1.807, 2.05) is 26.8 Å². The van der Waals surface area contributed by atoms with Gasteiger partial charge in [0.1, 0.15) is 17.5 Å². The monoisotopic (exact) mass is 360 g/mol. The van der Waals surface area contributed by atoms with Gasteiger partial charge in [-0.05, 0) is 57.6 Å². The van der Waals surface area contributed by atoms with Crippen LogP contribution in [0, 0.1) is 11.7 Å². The van der Waals surface area contributed by atoms with Gasteiger partial charge < -0.3 is 10.1 Å². The zero-order chi connectivity index (χ0) is 18.6. The summed E-state index contributed by atoms with van der Waals surface area (Å²) in [7, 11) is 0. The maximum Gasteiger partial charge on any atom is 0.411 e. The number of carbonyl (C=O) groups excluding carboxylic acids is 2. The van der Waals surface area contributed by atoms with E-state index < -0.39 is 17.7 Å². The Kier molecular flexibility index (Phi) is 3.97. The number of benzene rings is 1. The molecule has 3 fully saturated rings. The first-order valence-electron chi connectivity index (χ1n) is 9.31. The van der Waals surface area contributed by atoms with Crippen LogP contribution in [-0.2, 0) is 9.53 Å². The van der Waals surface area contributed by atoms with E-state index >= 15 is 0 Å². The van der Waals surface area contributed by atoms with Gasteiger partial charge in [0.15, 0.2) is 0 Å². The lowest BCUT2D eigenvalue weighted by atomic mass is 10.1. The number of hydrogen-bond donors (Lipinski definition) is 1. The highest BCUT2D eigenvalue weighted by atomic mass is 19.1. The second-order valence-electron chi connectivity index (χ2n) is 8.68. The molecule has 0 unspecified atom stereocenters. The highest BCUT2D eigenvalue weighted by Crippen LogP contribution is 2.49. The summed E-state index contributed by atoms with van der Waals surface area (Å²) in [6.45, 7) is 5.47. The first-order valence-corrected chi connectivity index (χ1v) is 9.31. The van der Waals surface area contributed by atoms with Gasteiger partial charge >= 0.3 is 6.09 Å². The Labute approximate surface area is 152 Å². The van der Waals surface area contributed by atoms with Gasteiger partial charge in [0, 0.05) is 18.0 Å². The molecule has 1 heterocycles. The molecule has 3 aliphatic rings. The van der Waals surface area contributed by atoms with Crippen molar-refractivity contribution < 1.29 is 18.7 Å². The Morgan fingerprint density at radius 3 is 2.62 bits per heavy atom. The Morgan fingerprint density at radius 1 is 1.19 bits per heavy atom. The molecule has 2 aliphatic carbocycles. The summed E-state index contributed by atoms with van der Waals surface area (Å²) in [6, 6.07) is 6.28. The molecule has 0 spiro atoms. The van der Waals surface area contributed by atoms with Crippen LogP contribution < -0.4 is 5.32 Å². The molecule has 1 aromatic carbocycles. The minimum Gasteiger partial charge on any atom is -0.444 e. The van der Waals surface area contributed by atoms with Gasteiger partial charge in [-0.25, -0.2) is 9.18 Å². The molecule has 1 aliphatic heterocycles. The van der Waals surface area contributed by atoms with Crippen molar-refractivity contribution in [2.75, 3.05) is 0 Å². The smallest absolute Gasteiger partial charge is 0.411 e. The van der Waals surface area contributed by atoms with Gasteiger partial charge in [-0.3, -0.25) is 9.69 Å². The van der Waals surface area contributed by atoms with Crippen molar-refractivity contribution >= 4 is 12.0 Å². The summed E-state index contributed by atoms with van der Waals surface area (Å²) >= 11 is 0. The molecule has 1 N–H and O–H groups in total. The Balaban J connectivity index is 1.39. The molecular formula is C20H25FN2O3. The number of hydrogen-bond acceptors (Lipinski definition) is 3. The predicted octanol–water partition coefficient (Wildman–Crippen LogP) is 3.20. The Bertz CT molecular complexity index is 745. The summed E-state index contributed by atoms with van der Waals surface area (Å²) < 4.78 is 19.4. The van der Waals surface area contributed by atoms with Crippen LogP contribution >= 0.6 is 0 Å². The van der Waals surface area contributed by atoms with Crippen molar-refractivity contribution in [2.45, 2.75) is 69.7 Å². The summed E-state index contributed by atoms with van der Waals surface area (Å²) in [5.74, 6) is 0.0459. The standard InChI is InChI=1S/C20H25FN2O3/c1-20(2,3)26-19(25)23-16-8-11(16)9-17(23)18(24)22-15-10-13(15)12-6-4-5-7-14(12)21/h4-7,11,13,15-17H,8-10H2,1-3H3,(H,22,24)/t11-,13-,15+,16-,17+/m1/s1. The van der Waals surface area contributed by atoms with Gasteiger partial charge in [0.25, 0.3) is 0 Å². The van der Waals surface area contributed by atoms with E-state index in [9.17, 15) is 14.0 Å². The van der Waals surface area contributed by atoms with Crippen LogP contribution in [0.15, 0.2) is 24.3 Å². The van der Waals surface area contributed by atoms with Crippen molar-refractivity contribution in [1.29, 1.82) is 0 Å². The number of carbonyl (C=O) groups is 2. The predicted molar refractivity (Wildman–Crippen MR) is 94.1 cm³/mol. The molecule has 0 radical (unpaired) electrons. The molecule has 26 heavy (non-hydrogen) atoms. The number of nitrogens with one attached hydrogen (secondary N) is 1. The highest BCUT2D eigenvalue weighted by Gasteiger charge is 2.57. The SMILES string of the molecule is CC(C)(C)OC(=O)N1[C@@H]2C[C@@H]2C[C@H]1C(=O)N[C@H]1C[C@@H]1c1ccccc1F. The minimum atomic E-state index is -0.586. The molecule has 4 rings (SSSR count). The molecule has 0 aromatic heterocycles. The lowest BCUT2D eigenvalue weighted by Crippen LogP contribution is -2.50. The molecular weight excluding hydrogens is 335 g/mol. The average molecular weight is 360 g/mol. The lowest BCUT2D eigenvalue weighted by molar-refractivity contribution is -0.126. The number of halogens is 1. The number of rotatable bonds is 3. The van der Waals surface area contributed by atoms with Gasteiger partial charge in [-0.1, -0.05) is 18.2 Å². The molecule has 1 aromatic rings. The number of fused-ring (bicyclic) bond motifs is 1. The maximum atomic E-state index is 13.9. The second kappa shape index (κ2) is 5.96. The fourth-order valence-corrected chi connectivity index (χ4v) is 4.02. The van der Waals surface area contributed by atoms with E-state index in [4.69, 9.17) is 4.74 Å². The number of piperidine rings is 1. The summed E-state index contributed by atoms with van der Waals surface area (Å²) in [4.78, 5) is 26.9. The fourth-order valence-electron chi connectivity index (χ4n) is 4.02. The first-order chi connectivity index (χ1) is 12.2. The van der Waals surface area contributed by atoms with Crippen molar-refractivity contribution in [2.24, 2.45) is 5.92 Å². The lowest BCUT2D eigenvalue weighted by Gasteiger charge is -2.30. The number of nitrogens with zero attached hydrogens (tertiary/aromatic N) is 1. The summed E-state index contributed by atoms with van der Waals surface area (Å²) in [6.07, 6.45) is 1.96. The highest BCUT2D eigenvalue weighted by molar-refractivity contribution is 5.87. The molecule has 1 saturated heterocycles. The van der Waals surface area contributed by atoms with Crippen LogP contribution in [0.5, 0.6) is 0 Å². The van der Waals surface area contributed by atoms with Crippen molar-refractivity contribution in [1.82, 2.24) is 10.2 Å². The Morgan fingerprint density at radius 2 is 1.92 bits per heavy atom. The topological polar surface area (TPSA) is 58.6 Å². The van der Waals surface area contributed by atoms with Crippen LogP contribution in [0.4, 0.5) is 9.18 Å². The normalized spacial score (nSPS) is 32.0. The van der Waals surface area contributed by atoms with Crippen molar-refractivity contribution in [3.8, 4) is 0 Å². The van der Waals surface area contributed by atoms with Gasteiger partial charge in [0.2, 0.25) is 5.91 Å². The Hall–Kier alpha value is -2.11. The van der Waals surface area contributed by atoms with Crippen molar-refractivity contribution in [3.05, 3.63) is 35.6 Å². The van der Waals surface area contributed by atoms with E-state index in [0.29, 0.717) is 17.9 Å². The summed E-state index contributed by atoms with van der Waals surface area (Å²) in [5.41, 5.74) is 0.0633. The maximum absolute atomic E-state index is 13.9. The largest absolute Gasteiger partial charge is 0.444 e. The van der Waals surface area contributed by atoms with E-state index in [-0.39, 0.29) is 29.7 Å². The van der Waals surface area contributed by atoms with Crippen LogP contribution in [0.25, 0.3) is 0 Å². The molecule has 0 bridgehead atoms. The van der Waals surface area contributed by atoms with E-state index in [2.05, 4.69) is 5.32 Å². The quantitative estimate of drug-likeness (QED) is 0.901. The molecule has 5 nitrogen and oxygen atoms in total.